The predicted molar refractivity (Wildman–Crippen MR) is 82.5 cm³/mol. The molecule has 0 fully saturated rings. The van der Waals surface area contributed by atoms with Crippen molar-refractivity contribution in [2.75, 3.05) is 5.32 Å². The summed E-state index contributed by atoms with van der Waals surface area (Å²) < 4.78 is 5.07. The fourth-order valence-electron chi connectivity index (χ4n) is 2.14. The lowest BCUT2D eigenvalue weighted by atomic mass is 10.2. The average Bonchev–Trinajstić information content (AvgIpc) is 3.12. The fourth-order valence-corrected chi connectivity index (χ4v) is 2.92. The molecule has 0 saturated heterocycles. The number of hydrogen-bond donors (Lipinski definition) is 1. The molecule has 3 aromatic heterocycles. The minimum atomic E-state index is -0.0230. The Labute approximate surface area is 126 Å². The van der Waals surface area contributed by atoms with Crippen LogP contribution in [0.1, 0.15) is 43.8 Å². The molecule has 3 aromatic rings. The average molecular weight is 303 g/mol. The minimum absolute atomic E-state index is 0.0230. The van der Waals surface area contributed by atoms with Crippen LogP contribution in [-0.4, -0.2) is 20.1 Å². The van der Waals surface area contributed by atoms with Gasteiger partial charge in [0, 0.05) is 13.3 Å². The summed E-state index contributed by atoms with van der Waals surface area (Å²) in [4.78, 5) is 14.5. The first kappa shape index (κ1) is 13.9. The highest BCUT2D eigenvalue weighted by Crippen LogP contribution is 2.28. The van der Waals surface area contributed by atoms with E-state index in [4.69, 9.17) is 4.52 Å². The lowest BCUT2D eigenvalue weighted by Gasteiger charge is -2.15. The molecular formula is C14H17N5OS. The van der Waals surface area contributed by atoms with Crippen molar-refractivity contribution in [3.63, 3.8) is 0 Å². The molecule has 0 spiro atoms. The molecule has 0 aromatic carbocycles. The van der Waals surface area contributed by atoms with Gasteiger partial charge in [-0.2, -0.15) is 4.98 Å². The maximum atomic E-state index is 5.07. The molecule has 6 nitrogen and oxygen atoms in total. The smallest absolute Gasteiger partial charge is 0.223 e. The second-order valence-electron chi connectivity index (χ2n) is 4.76. The zero-order valence-electron chi connectivity index (χ0n) is 12.3. The summed E-state index contributed by atoms with van der Waals surface area (Å²) in [5.41, 5.74) is 0. The van der Waals surface area contributed by atoms with Gasteiger partial charge < -0.3 is 9.84 Å². The SMILES string of the molecule is CCc1nc(NC(CC)c2noc(C)n2)c2ccsc2n1. The van der Waals surface area contributed by atoms with E-state index in [0.29, 0.717) is 11.7 Å². The van der Waals surface area contributed by atoms with E-state index in [0.717, 1.165) is 34.7 Å². The standard InChI is InChI=1S/C14H17N5OS/c1-4-10(13-15-8(3)20-19-13)16-12-9-6-7-21-14(9)18-11(5-2)17-12/h6-7,10H,4-5H2,1-3H3,(H,16,17,18). The Hall–Kier alpha value is -2.02. The van der Waals surface area contributed by atoms with Gasteiger partial charge in [0.15, 0.2) is 5.82 Å². The number of anilines is 1. The number of aryl methyl sites for hydroxylation is 2. The quantitative estimate of drug-likeness (QED) is 0.777. The molecule has 1 unspecified atom stereocenters. The van der Waals surface area contributed by atoms with E-state index >= 15 is 0 Å². The van der Waals surface area contributed by atoms with Gasteiger partial charge in [0.1, 0.15) is 16.5 Å². The lowest BCUT2D eigenvalue weighted by molar-refractivity contribution is 0.384. The van der Waals surface area contributed by atoms with Gasteiger partial charge >= 0.3 is 0 Å². The second kappa shape index (κ2) is 5.77. The summed E-state index contributed by atoms with van der Waals surface area (Å²) in [5.74, 6) is 2.91. The highest BCUT2D eigenvalue weighted by Gasteiger charge is 2.18. The van der Waals surface area contributed by atoms with E-state index in [1.165, 1.54) is 0 Å². The maximum Gasteiger partial charge on any atom is 0.223 e. The molecule has 3 heterocycles. The first-order valence-corrected chi connectivity index (χ1v) is 7.90. The molecule has 1 N–H and O–H groups in total. The van der Waals surface area contributed by atoms with Gasteiger partial charge in [-0.05, 0) is 17.9 Å². The first-order valence-electron chi connectivity index (χ1n) is 7.02. The van der Waals surface area contributed by atoms with Crippen molar-refractivity contribution in [2.24, 2.45) is 0 Å². The van der Waals surface area contributed by atoms with Gasteiger partial charge in [-0.25, -0.2) is 9.97 Å². The summed E-state index contributed by atoms with van der Waals surface area (Å²) in [7, 11) is 0. The van der Waals surface area contributed by atoms with Crippen LogP contribution in [0.3, 0.4) is 0 Å². The third-order valence-corrected chi connectivity index (χ3v) is 4.07. The van der Waals surface area contributed by atoms with E-state index in [9.17, 15) is 0 Å². The molecule has 0 radical (unpaired) electrons. The van der Waals surface area contributed by atoms with Gasteiger partial charge in [0.25, 0.3) is 0 Å². The molecule has 3 rings (SSSR count). The Morgan fingerprint density at radius 2 is 2.14 bits per heavy atom. The minimum Gasteiger partial charge on any atom is -0.359 e. The Morgan fingerprint density at radius 1 is 1.29 bits per heavy atom. The summed E-state index contributed by atoms with van der Waals surface area (Å²) in [6.45, 7) is 5.93. The van der Waals surface area contributed by atoms with E-state index in [2.05, 4.69) is 39.3 Å². The Kier molecular flexibility index (Phi) is 3.83. The largest absolute Gasteiger partial charge is 0.359 e. The molecule has 21 heavy (non-hydrogen) atoms. The van der Waals surface area contributed by atoms with Crippen LogP contribution in [0.15, 0.2) is 16.0 Å². The molecule has 0 saturated carbocycles. The van der Waals surface area contributed by atoms with E-state index in [1.54, 1.807) is 18.3 Å². The zero-order valence-corrected chi connectivity index (χ0v) is 13.1. The Morgan fingerprint density at radius 3 is 2.81 bits per heavy atom. The molecule has 0 aliphatic rings. The van der Waals surface area contributed by atoms with Crippen molar-refractivity contribution in [1.29, 1.82) is 0 Å². The normalized spacial score (nSPS) is 12.7. The molecule has 0 aliphatic carbocycles. The van der Waals surface area contributed by atoms with Crippen molar-refractivity contribution < 1.29 is 4.52 Å². The third kappa shape index (κ3) is 2.73. The first-order chi connectivity index (χ1) is 10.2. The highest BCUT2D eigenvalue weighted by atomic mass is 32.1. The number of rotatable bonds is 5. The van der Waals surface area contributed by atoms with E-state index in [-0.39, 0.29) is 6.04 Å². The topological polar surface area (TPSA) is 76.7 Å². The van der Waals surface area contributed by atoms with Crippen molar-refractivity contribution in [1.82, 2.24) is 20.1 Å². The maximum absolute atomic E-state index is 5.07. The van der Waals surface area contributed by atoms with Crippen LogP contribution in [-0.2, 0) is 6.42 Å². The van der Waals surface area contributed by atoms with Gasteiger partial charge in [0.05, 0.1) is 11.4 Å². The number of nitrogens with zero attached hydrogens (tertiary/aromatic N) is 4. The van der Waals surface area contributed by atoms with Crippen LogP contribution in [0.5, 0.6) is 0 Å². The fraction of sp³-hybridized carbons (Fsp3) is 0.429. The van der Waals surface area contributed by atoms with Gasteiger partial charge in [-0.3, -0.25) is 0 Å². The van der Waals surface area contributed by atoms with Gasteiger partial charge in [-0.1, -0.05) is 19.0 Å². The van der Waals surface area contributed by atoms with Crippen molar-refractivity contribution in [3.8, 4) is 0 Å². The summed E-state index contributed by atoms with van der Waals surface area (Å²) in [6, 6.07) is 2.01. The number of nitrogens with one attached hydrogen (secondary N) is 1. The third-order valence-electron chi connectivity index (χ3n) is 3.26. The van der Waals surface area contributed by atoms with Crippen molar-refractivity contribution in [2.45, 2.75) is 39.7 Å². The highest BCUT2D eigenvalue weighted by molar-refractivity contribution is 7.16. The van der Waals surface area contributed by atoms with Crippen molar-refractivity contribution in [3.05, 3.63) is 29.0 Å². The van der Waals surface area contributed by atoms with E-state index < -0.39 is 0 Å². The summed E-state index contributed by atoms with van der Waals surface area (Å²) in [5, 5.41) is 10.5. The number of fused-ring (bicyclic) bond motifs is 1. The summed E-state index contributed by atoms with van der Waals surface area (Å²) in [6.07, 6.45) is 1.65. The van der Waals surface area contributed by atoms with Crippen molar-refractivity contribution >= 4 is 27.4 Å². The molecule has 1 atom stereocenters. The molecule has 7 heteroatoms. The van der Waals surface area contributed by atoms with Crippen LogP contribution in [0.2, 0.25) is 0 Å². The number of thiophene rings is 1. The van der Waals surface area contributed by atoms with E-state index in [1.807, 2.05) is 11.4 Å². The number of hydrogen-bond acceptors (Lipinski definition) is 7. The van der Waals surface area contributed by atoms with Crippen LogP contribution < -0.4 is 5.32 Å². The molecule has 0 aliphatic heterocycles. The molecular weight excluding hydrogens is 286 g/mol. The summed E-state index contributed by atoms with van der Waals surface area (Å²) >= 11 is 1.62. The van der Waals surface area contributed by atoms with Gasteiger partial charge in [0.2, 0.25) is 5.89 Å². The van der Waals surface area contributed by atoms with Gasteiger partial charge in [-0.15, -0.1) is 11.3 Å². The molecule has 0 amide bonds. The Bertz CT molecular complexity index is 751. The number of aromatic nitrogens is 4. The zero-order chi connectivity index (χ0) is 14.8. The van der Waals surface area contributed by atoms with Crippen LogP contribution in [0, 0.1) is 6.92 Å². The monoisotopic (exact) mass is 303 g/mol. The molecule has 110 valence electrons. The van der Waals surface area contributed by atoms with Crippen LogP contribution >= 0.6 is 11.3 Å². The Balaban J connectivity index is 1.97. The predicted octanol–water partition coefficient (Wildman–Crippen LogP) is 3.51. The lowest BCUT2D eigenvalue weighted by Crippen LogP contribution is -2.13. The molecule has 0 bridgehead atoms. The van der Waals surface area contributed by atoms with Crippen LogP contribution in [0.4, 0.5) is 5.82 Å². The second-order valence-corrected chi connectivity index (χ2v) is 5.65. The van der Waals surface area contributed by atoms with Crippen LogP contribution in [0.25, 0.3) is 10.2 Å².